The van der Waals surface area contributed by atoms with Crippen molar-refractivity contribution in [1.82, 2.24) is 0 Å². The van der Waals surface area contributed by atoms with Crippen LogP contribution < -0.4 is 11.1 Å². The molecule has 1 rings (SSSR count). The number of alkyl halides is 3. The van der Waals surface area contributed by atoms with Crippen molar-refractivity contribution in [3.05, 3.63) is 29.8 Å². The minimum atomic E-state index is -4.50. The average Bonchev–Trinajstić information content (AvgIpc) is 2.01. The van der Waals surface area contributed by atoms with E-state index in [1.165, 1.54) is 12.1 Å². The molecule has 2 amide bonds. The second-order valence-corrected chi connectivity index (χ2v) is 2.53. The topological polar surface area (TPSA) is 55.1 Å². The molecule has 6 heteroatoms. The number of halogens is 3. The van der Waals surface area contributed by atoms with Crippen molar-refractivity contribution >= 4 is 11.7 Å². The Balaban J connectivity index is 3.10. The van der Waals surface area contributed by atoms with E-state index in [-0.39, 0.29) is 5.69 Å². The van der Waals surface area contributed by atoms with Crippen LogP contribution in [0.5, 0.6) is 0 Å². The van der Waals surface area contributed by atoms with Crippen molar-refractivity contribution < 1.29 is 18.0 Å². The minimum Gasteiger partial charge on any atom is -0.351 e. The molecule has 14 heavy (non-hydrogen) atoms. The zero-order valence-electron chi connectivity index (χ0n) is 6.93. The first-order chi connectivity index (χ1) is 6.41. The Morgan fingerprint density at radius 1 is 1.29 bits per heavy atom. The number of rotatable bonds is 1. The summed E-state index contributed by atoms with van der Waals surface area (Å²) in [6, 6.07) is 3.58. The number of hydrogen-bond acceptors (Lipinski definition) is 1. The van der Waals surface area contributed by atoms with Crippen LogP contribution in [0, 0.1) is 0 Å². The predicted molar refractivity (Wildman–Crippen MR) is 44.7 cm³/mol. The van der Waals surface area contributed by atoms with Crippen LogP contribution in [0.4, 0.5) is 23.7 Å². The molecule has 1 aromatic carbocycles. The molecule has 3 N–H and O–H groups in total. The Morgan fingerprint density at radius 2 is 1.86 bits per heavy atom. The van der Waals surface area contributed by atoms with E-state index in [2.05, 4.69) is 0 Å². The highest BCUT2D eigenvalue weighted by Gasteiger charge is 2.33. The van der Waals surface area contributed by atoms with Crippen LogP contribution in [0.15, 0.2) is 24.3 Å². The number of carbonyl (C=O) groups excluding carboxylic acids is 1. The van der Waals surface area contributed by atoms with Crippen molar-refractivity contribution in [1.29, 1.82) is 0 Å². The molecule has 0 saturated heterocycles. The summed E-state index contributed by atoms with van der Waals surface area (Å²) in [7, 11) is 0. The zero-order chi connectivity index (χ0) is 10.8. The largest absolute Gasteiger partial charge is 0.418 e. The van der Waals surface area contributed by atoms with E-state index in [4.69, 9.17) is 5.73 Å². The third kappa shape index (κ3) is 2.38. The molecule has 0 bridgehead atoms. The van der Waals surface area contributed by atoms with Crippen LogP contribution in [-0.4, -0.2) is 6.03 Å². The Bertz CT molecular complexity index is 349. The normalized spacial score (nSPS) is 11.1. The standard InChI is InChI=1S/C8H7F3N2O/c9-8(10,11)5-3-1-2-4-6(5)13-7(12)14/h1-4H,(H3,12,13,14). The number of carbonyl (C=O) groups is 1. The summed E-state index contributed by atoms with van der Waals surface area (Å²) in [6.07, 6.45) is -4.50. The van der Waals surface area contributed by atoms with E-state index in [1.807, 2.05) is 5.32 Å². The molecule has 0 aliphatic heterocycles. The number of anilines is 1. The predicted octanol–water partition coefficient (Wildman–Crippen LogP) is 2.20. The number of nitrogens with one attached hydrogen (secondary N) is 1. The van der Waals surface area contributed by atoms with E-state index in [9.17, 15) is 18.0 Å². The highest BCUT2D eigenvalue weighted by Crippen LogP contribution is 2.34. The van der Waals surface area contributed by atoms with Gasteiger partial charge in [0.05, 0.1) is 11.3 Å². The Morgan fingerprint density at radius 3 is 2.36 bits per heavy atom. The summed E-state index contributed by atoms with van der Waals surface area (Å²) in [4.78, 5) is 10.4. The highest BCUT2D eigenvalue weighted by atomic mass is 19.4. The molecule has 0 aromatic heterocycles. The molecule has 0 unspecified atom stereocenters. The van der Waals surface area contributed by atoms with Crippen LogP contribution in [-0.2, 0) is 6.18 Å². The zero-order valence-corrected chi connectivity index (χ0v) is 6.93. The van der Waals surface area contributed by atoms with Crippen LogP contribution in [0.25, 0.3) is 0 Å². The maximum atomic E-state index is 12.3. The molecule has 0 aliphatic rings. The first-order valence-corrected chi connectivity index (χ1v) is 3.64. The van der Waals surface area contributed by atoms with Crippen molar-refractivity contribution in [3.63, 3.8) is 0 Å². The molecule has 0 atom stereocenters. The number of urea groups is 1. The van der Waals surface area contributed by atoms with E-state index in [1.54, 1.807) is 0 Å². The van der Waals surface area contributed by atoms with Gasteiger partial charge in [0.2, 0.25) is 0 Å². The number of para-hydroxylation sites is 1. The lowest BCUT2D eigenvalue weighted by molar-refractivity contribution is -0.136. The van der Waals surface area contributed by atoms with Gasteiger partial charge in [0.25, 0.3) is 0 Å². The molecule has 0 saturated carbocycles. The summed E-state index contributed by atoms with van der Waals surface area (Å²) >= 11 is 0. The Hall–Kier alpha value is -1.72. The molecule has 3 nitrogen and oxygen atoms in total. The fourth-order valence-corrected chi connectivity index (χ4v) is 0.972. The molecule has 0 spiro atoms. The lowest BCUT2D eigenvalue weighted by Crippen LogP contribution is -2.21. The number of primary amides is 1. The van der Waals surface area contributed by atoms with Crippen molar-refractivity contribution in [2.45, 2.75) is 6.18 Å². The van der Waals surface area contributed by atoms with Crippen LogP contribution in [0.2, 0.25) is 0 Å². The third-order valence-corrected chi connectivity index (χ3v) is 1.49. The van der Waals surface area contributed by atoms with Crippen molar-refractivity contribution in [2.75, 3.05) is 5.32 Å². The summed E-state index contributed by atoms with van der Waals surface area (Å²) in [5.74, 6) is 0. The smallest absolute Gasteiger partial charge is 0.351 e. The monoisotopic (exact) mass is 204 g/mol. The van der Waals surface area contributed by atoms with Crippen molar-refractivity contribution in [2.24, 2.45) is 5.73 Å². The van der Waals surface area contributed by atoms with E-state index in [0.29, 0.717) is 0 Å². The maximum absolute atomic E-state index is 12.3. The molecule has 0 aliphatic carbocycles. The quantitative estimate of drug-likeness (QED) is 0.723. The lowest BCUT2D eigenvalue weighted by Gasteiger charge is -2.11. The summed E-state index contributed by atoms with van der Waals surface area (Å²) < 4.78 is 36.9. The van der Waals surface area contributed by atoms with Gasteiger partial charge in [-0.2, -0.15) is 13.2 Å². The van der Waals surface area contributed by atoms with Gasteiger partial charge in [0, 0.05) is 0 Å². The number of amides is 2. The van der Waals surface area contributed by atoms with Crippen LogP contribution in [0.3, 0.4) is 0 Å². The van der Waals surface area contributed by atoms with Gasteiger partial charge in [-0.1, -0.05) is 12.1 Å². The van der Waals surface area contributed by atoms with Gasteiger partial charge < -0.3 is 11.1 Å². The first kappa shape index (κ1) is 10.4. The molecule has 76 valence electrons. The van der Waals surface area contributed by atoms with Gasteiger partial charge in [0.15, 0.2) is 0 Å². The van der Waals surface area contributed by atoms with E-state index < -0.39 is 17.8 Å². The minimum absolute atomic E-state index is 0.340. The van der Waals surface area contributed by atoms with Gasteiger partial charge in [-0.3, -0.25) is 0 Å². The van der Waals surface area contributed by atoms with E-state index in [0.717, 1.165) is 12.1 Å². The van der Waals surface area contributed by atoms with Crippen LogP contribution in [0.1, 0.15) is 5.56 Å². The first-order valence-electron chi connectivity index (χ1n) is 3.64. The molecular weight excluding hydrogens is 197 g/mol. The van der Waals surface area contributed by atoms with E-state index >= 15 is 0 Å². The Kier molecular flexibility index (Phi) is 2.64. The lowest BCUT2D eigenvalue weighted by atomic mass is 10.2. The molecule has 1 aromatic rings. The Labute approximate surface area is 77.7 Å². The van der Waals surface area contributed by atoms with Gasteiger partial charge in [-0.25, -0.2) is 4.79 Å². The fraction of sp³-hybridized carbons (Fsp3) is 0.125. The number of benzene rings is 1. The maximum Gasteiger partial charge on any atom is 0.418 e. The molecular formula is C8H7F3N2O. The van der Waals surface area contributed by atoms with Gasteiger partial charge in [-0.05, 0) is 12.1 Å². The van der Waals surface area contributed by atoms with Gasteiger partial charge in [-0.15, -0.1) is 0 Å². The molecule has 0 fully saturated rings. The number of hydrogen-bond donors (Lipinski definition) is 2. The molecule has 0 radical (unpaired) electrons. The SMILES string of the molecule is NC(=O)Nc1ccccc1C(F)(F)F. The molecule has 0 heterocycles. The summed E-state index contributed by atoms with van der Waals surface area (Å²) in [5, 5.41) is 1.90. The highest BCUT2D eigenvalue weighted by molar-refractivity contribution is 5.88. The van der Waals surface area contributed by atoms with Crippen LogP contribution >= 0.6 is 0 Å². The van der Waals surface area contributed by atoms with Crippen molar-refractivity contribution in [3.8, 4) is 0 Å². The summed E-state index contributed by atoms with van der Waals surface area (Å²) in [5.41, 5.74) is 3.46. The fourth-order valence-electron chi connectivity index (χ4n) is 0.972. The number of nitrogens with two attached hydrogens (primary N) is 1. The van der Waals surface area contributed by atoms with Gasteiger partial charge in [0.1, 0.15) is 0 Å². The average molecular weight is 204 g/mol. The second kappa shape index (κ2) is 3.57. The summed E-state index contributed by atoms with van der Waals surface area (Å²) in [6.45, 7) is 0. The third-order valence-electron chi connectivity index (χ3n) is 1.49. The van der Waals surface area contributed by atoms with Gasteiger partial charge >= 0.3 is 12.2 Å². The second-order valence-electron chi connectivity index (χ2n) is 2.53.